The number of carbonyl (C=O) groups is 3. The van der Waals surface area contributed by atoms with E-state index in [1.807, 2.05) is 13.8 Å². The Morgan fingerprint density at radius 1 is 1.02 bits per heavy atom. The van der Waals surface area contributed by atoms with Gasteiger partial charge in [0.2, 0.25) is 5.91 Å². The SMILES string of the molecule is CC.CN(C(=O)N(c1nn(CC(F)(F)F)c2c(-c3ccc(C#CC(C)(C)S(C)=O)nc3C(Cc3cc(F)cc(F)c3)NC(=O)CN=C3/C(=C(\N)C(F)(F)F)CCC3(F)F)ccc(Cl)c12)S(C)=O)C(C)(C)C=O.COCOP(=O)(O)O. The molecular weight excluding hydrogens is 1170 g/mol. The van der Waals surface area contributed by atoms with Crippen molar-refractivity contribution in [3.8, 4) is 23.0 Å². The van der Waals surface area contributed by atoms with E-state index >= 15 is 8.78 Å². The number of ether oxygens (including phenoxy) is 1. The van der Waals surface area contributed by atoms with Gasteiger partial charge in [0.1, 0.15) is 63.8 Å². The Bertz CT molecular complexity index is 3160. The standard InChI is InChI=1S/C44H43ClF10N8O5S2.C2H7O5P.C2H6/c1-40(2,22-64)61(5)39(66)63(70(7)68)38-33-30(45)11-10-28(35(33)62(60-38)21-43(50,51)52)27-9-8-26(12-14-41(3,4)69(6)67)58-34(27)31(18-23-16-24(46)19-25(47)17-23)59-32(65)20-57-37-29(13-15-42(37,48)49)36(56)44(53,54)55;1-6-2-7-8(3,4)5;1-2/h8-11,16-17,19,22,31H,13,15,18,20-21,56H2,1-7H3,(H,59,65);2H2,1H3,(H2,3,4,5);1-2H3/b36-29-,57-37?;;. The number of hydrogen-bond donors (Lipinski definition) is 4. The maximum absolute atomic E-state index is 15.0. The number of nitrogens with two attached hydrogens (primary N) is 1. The molecule has 5 N–H and O–H groups in total. The number of halogens is 11. The lowest BCUT2D eigenvalue weighted by Gasteiger charge is -2.33. The maximum atomic E-state index is 15.0. The van der Waals surface area contributed by atoms with Crippen LogP contribution in [0.25, 0.3) is 22.0 Å². The Labute approximate surface area is 462 Å². The van der Waals surface area contributed by atoms with E-state index < -0.39 is 154 Å². The summed E-state index contributed by atoms with van der Waals surface area (Å²) in [6, 6.07) is 4.29. The Hall–Kier alpha value is -5.80. The number of anilines is 1. The van der Waals surface area contributed by atoms with Crippen molar-refractivity contribution >= 4 is 81.9 Å². The number of aliphatic imine (C=N–C) groups is 1. The summed E-state index contributed by atoms with van der Waals surface area (Å²) in [6.07, 6.45) is -10.1. The third-order valence-electron chi connectivity index (χ3n) is 11.3. The largest absolute Gasteiger partial charge is 0.471 e. The molecule has 2 heterocycles. The highest BCUT2D eigenvalue weighted by Crippen LogP contribution is 2.44. The van der Waals surface area contributed by atoms with Gasteiger partial charge in [0.25, 0.3) is 5.92 Å². The monoisotopic (exact) mass is 1220 g/mol. The van der Waals surface area contributed by atoms with Gasteiger partial charge in [-0.05, 0) is 82.4 Å². The van der Waals surface area contributed by atoms with Crippen molar-refractivity contribution in [3.05, 3.63) is 87.3 Å². The van der Waals surface area contributed by atoms with E-state index in [4.69, 9.17) is 27.1 Å². The van der Waals surface area contributed by atoms with Gasteiger partial charge >= 0.3 is 26.2 Å². The topological polar surface area (TPSA) is 249 Å². The highest BCUT2D eigenvalue weighted by molar-refractivity contribution is 7.86. The van der Waals surface area contributed by atoms with Crippen LogP contribution in [0.1, 0.15) is 77.4 Å². The number of carbonyl (C=O) groups excluding carboxylic acids is 3. The van der Waals surface area contributed by atoms with Crippen molar-refractivity contribution in [2.75, 3.05) is 44.3 Å². The predicted octanol–water partition coefficient (Wildman–Crippen LogP) is 9.00. The number of amides is 3. The minimum absolute atomic E-state index is 0.140. The van der Waals surface area contributed by atoms with Gasteiger partial charge in [-0.25, -0.2) is 27.3 Å². The van der Waals surface area contributed by atoms with Crippen LogP contribution in [-0.2, 0) is 58.2 Å². The van der Waals surface area contributed by atoms with Crippen molar-refractivity contribution in [2.24, 2.45) is 10.7 Å². The Morgan fingerprint density at radius 2 is 1.61 bits per heavy atom. The molecule has 5 rings (SSSR count). The van der Waals surface area contributed by atoms with Gasteiger partial charge < -0.3 is 35.3 Å². The second-order valence-electron chi connectivity index (χ2n) is 18.0. The van der Waals surface area contributed by atoms with E-state index in [0.29, 0.717) is 21.3 Å². The molecule has 1 aliphatic carbocycles. The zero-order valence-electron chi connectivity index (χ0n) is 44.3. The number of alkyl halides is 8. The zero-order valence-corrected chi connectivity index (χ0v) is 47.6. The molecule has 18 nitrogen and oxygen atoms in total. The van der Waals surface area contributed by atoms with Crippen molar-refractivity contribution in [1.82, 2.24) is 25.0 Å². The average molecular weight is 1230 g/mol. The predicted molar refractivity (Wildman–Crippen MR) is 280 cm³/mol. The van der Waals surface area contributed by atoms with E-state index in [1.54, 1.807) is 0 Å². The quantitative estimate of drug-likeness (QED) is 0.0269. The number of nitrogens with one attached hydrogen (secondary N) is 1. The number of benzene rings is 2. The van der Waals surface area contributed by atoms with E-state index in [9.17, 15) is 62.5 Å². The van der Waals surface area contributed by atoms with Crippen LogP contribution in [0.3, 0.4) is 0 Å². The normalized spacial score (nSPS) is 16.0. The molecule has 1 aliphatic rings. The first kappa shape index (κ1) is 68.5. The number of methoxy groups -OCH3 is 1. The van der Waals surface area contributed by atoms with Gasteiger partial charge in [0.05, 0.1) is 33.2 Å². The average Bonchev–Trinajstić information content (AvgIpc) is 3.85. The summed E-state index contributed by atoms with van der Waals surface area (Å²) in [4.78, 5) is 64.7. The van der Waals surface area contributed by atoms with Crippen LogP contribution >= 0.6 is 19.4 Å². The summed E-state index contributed by atoms with van der Waals surface area (Å²) in [5.41, 5.74) is -2.24. The van der Waals surface area contributed by atoms with Crippen molar-refractivity contribution < 1.29 is 90.3 Å². The molecular formula is C48H56ClF10N8O10PS2. The second kappa shape index (κ2) is 27.3. The van der Waals surface area contributed by atoms with Crippen LogP contribution in [0.15, 0.2) is 58.7 Å². The summed E-state index contributed by atoms with van der Waals surface area (Å²) >= 11 is 6.70. The van der Waals surface area contributed by atoms with Gasteiger partial charge in [-0.3, -0.25) is 23.2 Å². The first-order valence-corrected chi connectivity index (χ1v) is 28.2. The molecule has 0 bridgehead atoms. The maximum Gasteiger partial charge on any atom is 0.471 e. The number of hydrogen-bond acceptors (Lipinski definition) is 12. The summed E-state index contributed by atoms with van der Waals surface area (Å²) in [5.74, 6) is -2.57. The third-order valence-corrected chi connectivity index (χ3v) is 14.5. The Kier molecular flexibility index (Phi) is 23.4. The van der Waals surface area contributed by atoms with Crippen LogP contribution in [0.2, 0.25) is 5.02 Å². The highest BCUT2D eigenvalue weighted by atomic mass is 35.5. The van der Waals surface area contributed by atoms with E-state index in [2.05, 4.69) is 41.5 Å². The lowest BCUT2D eigenvalue weighted by atomic mass is 9.93. The molecule has 0 aliphatic heterocycles. The van der Waals surface area contributed by atoms with Crippen molar-refractivity contribution in [3.63, 3.8) is 0 Å². The summed E-state index contributed by atoms with van der Waals surface area (Å²) in [5, 5.41) is 5.81. The molecule has 1 saturated carbocycles. The number of phosphoric ester groups is 1. The van der Waals surface area contributed by atoms with Crippen LogP contribution in [0.5, 0.6) is 0 Å². The smallest absolute Gasteiger partial charge is 0.394 e. The molecule has 442 valence electrons. The molecule has 1 fully saturated rings. The molecule has 32 heteroatoms. The highest BCUT2D eigenvalue weighted by Gasteiger charge is 2.48. The van der Waals surface area contributed by atoms with Gasteiger partial charge in [-0.15, -0.1) is 0 Å². The molecule has 2 aromatic carbocycles. The van der Waals surface area contributed by atoms with E-state index in [0.717, 1.165) is 30.3 Å². The fraction of sp³-hybridized carbons (Fsp3) is 0.458. The van der Waals surface area contributed by atoms with Crippen molar-refractivity contribution in [2.45, 2.75) is 102 Å². The fourth-order valence-electron chi connectivity index (χ4n) is 7.09. The number of allylic oxidation sites excluding steroid dienone is 2. The van der Waals surface area contributed by atoms with Crippen LogP contribution in [0, 0.1) is 23.5 Å². The van der Waals surface area contributed by atoms with Crippen LogP contribution < -0.4 is 15.4 Å². The lowest BCUT2D eigenvalue weighted by molar-refractivity contribution is -0.141. The minimum Gasteiger partial charge on any atom is -0.394 e. The molecule has 80 heavy (non-hydrogen) atoms. The molecule has 4 aromatic rings. The number of pyridine rings is 1. The van der Waals surface area contributed by atoms with Crippen LogP contribution in [-0.4, -0.2) is 130 Å². The van der Waals surface area contributed by atoms with Gasteiger partial charge in [0.15, 0.2) is 12.6 Å². The number of aromatic nitrogens is 3. The number of nitrogens with zero attached hydrogens (tertiary/aromatic N) is 6. The fourth-order valence-corrected chi connectivity index (χ4v) is 8.48. The number of phosphoric acid groups is 1. The Balaban J connectivity index is 0.00000154. The number of likely N-dealkylation sites (N-methyl/N-ethyl adjacent to an activating group) is 1. The van der Waals surface area contributed by atoms with Gasteiger partial charge in [0, 0.05) is 66.7 Å². The third kappa shape index (κ3) is 18.1. The molecule has 2 aromatic heterocycles. The van der Waals surface area contributed by atoms with Crippen LogP contribution in [0.4, 0.5) is 54.5 Å². The first-order valence-electron chi connectivity index (χ1n) is 23.2. The number of fused-ring (bicyclic) bond motifs is 1. The summed E-state index contributed by atoms with van der Waals surface area (Å²) in [7, 11) is -5.84. The second-order valence-corrected chi connectivity index (χ2v) is 22.8. The lowest BCUT2D eigenvalue weighted by Crippen LogP contribution is -2.52. The van der Waals surface area contributed by atoms with E-state index in [-0.39, 0.29) is 39.9 Å². The van der Waals surface area contributed by atoms with Crippen molar-refractivity contribution in [1.29, 1.82) is 0 Å². The molecule has 0 radical (unpaired) electrons. The first-order chi connectivity index (χ1) is 36.7. The van der Waals surface area contributed by atoms with Gasteiger partial charge in [-0.1, -0.05) is 37.4 Å². The van der Waals surface area contributed by atoms with Gasteiger partial charge in [-0.2, -0.15) is 44.5 Å². The molecule has 3 atom stereocenters. The molecule has 3 amide bonds. The number of rotatable bonds is 16. The molecule has 3 unspecified atom stereocenters. The summed E-state index contributed by atoms with van der Waals surface area (Å²) in [6.45, 7) is 6.18. The zero-order chi connectivity index (χ0) is 61.3. The number of aldehydes is 1. The Morgan fingerprint density at radius 3 is 2.11 bits per heavy atom. The molecule has 0 saturated heterocycles. The molecule has 0 spiro atoms. The minimum atomic E-state index is -5.24. The van der Waals surface area contributed by atoms with E-state index in [1.165, 1.54) is 65.3 Å². The number of urea groups is 1. The summed E-state index contributed by atoms with van der Waals surface area (Å²) < 4.78 is 187.